The first-order valence-corrected chi connectivity index (χ1v) is 5.85. The molecule has 2 N–H and O–H groups in total. The van der Waals surface area contributed by atoms with Crippen molar-refractivity contribution in [2.24, 2.45) is 0 Å². The molecule has 0 spiro atoms. The highest BCUT2D eigenvalue weighted by Gasteiger charge is 2.25. The van der Waals surface area contributed by atoms with E-state index in [-0.39, 0.29) is 23.2 Å². The van der Waals surface area contributed by atoms with Gasteiger partial charge in [0.15, 0.2) is 0 Å². The van der Waals surface area contributed by atoms with Crippen LogP contribution in [0, 0.1) is 17.0 Å². The molecule has 1 amide bonds. The predicted octanol–water partition coefficient (Wildman–Crippen LogP) is 0.995. The van der Waals surface area contributed by atoms with Gasteiger partial charge < -0.3 is 10.6 Å². The maximum atomic E-state index is 12.1. The molecule has 0 aliphatic carbocycles. The lowest BCUT2D eigenvalue weighted by atomic mass is 10.1. The standard InChI is InChI=1S/C12H15N3O3/c1-8-3-2-4-10(15(17)18)11(8)12(16)14-9-5-6-13-7-9/h2-4,9,13H,5-7H2,1H3,(H,14,16). The van der Waals surface area contributed by atoms with Crippen LogP contribution >= 0.6 is 0 Å². The molecule has 6 heteroatoms. The van der Waals surface area contributed by atoms with Gasteiger partial charge >= 0.3 is 0 Å². The number of nitrogens with zero attached hydrogens (tertiary/aromatic N) is 1. The lowest BCUT2D eigenvalue weighted by molar-refractivity contribution is -0.385. The van der Waals surface area contributed by atoms with E-state index in [1.54, 1.807) is 19.1 Å². The molecule has 1 aromatic carbocycles. The number of carbonyl (C=O) groups excluding carboxylic acids is 1. The molecule has 1 aliphatic rings. The highest BCUT2D eigenvalue weighted by Crippen LogP contribution is 2.21. The third kappa shape index (κ3) is 2.48. The molecule has 1 heterocycles. The summed E-state index contributed by atoms with van der Waals surface area (Å²) in [7, 11) is 0. The van der Waals surface area contributed by atoms with Crippen molar-refractivity contribution in [3.63, 3.8) is 0 Å². The summed E-state index contributed by atoms with van der Waals surface area (Å²) in [6.07, 6.45) is 0.853. The highest BCUT2D eigenvalue weighted by atomic mass is 16.6. The summed E-state index contributed by atoms with van der Waals surface area (Å²) >= 11 is 0. The van der Waals surface area contributed by atoms with E-state index in [1.165, 1.54) is 6.07 Å². The minimum Gasteiger partial charge on any atom is -0.348 e. The van der Waals surface area contributed by atoms with Crippen molar-refractivity contribution in [3.05, 3.63) is 39.4 Å². The summed E-state index contributed by atoms with van der Waals surface area (Å²) in [5.41, 5.74) is 0.639. The van der Waals surface area contributed by atoms with E-state index in [2.05, 4.69) is 10.6 Å². The van der Waals surface area contributed by atoms with Gasteiger partial charge in [-0.25, -0.2) is 0 Å². The molecule has 1 fully saturated rings. The van der Waals surface area contributed by atoms with Crippen LogP contribution in [0.5, 0.6) is 0 Å². The molecule has 0 saturated carbocycles. The van der Waals surface area contributed by atoms with Crippen LogP contribution in [-0.2, 0) is 0 Å². The zero-order chi connectivity index (χ0) is 13.1. The van der Waals surface area contributed by atoms with E-state index in [9.17, 15) is 14.9 Å². The number of aryl methyl sites for hydroxylation is 1. The lowest BCUT2D eigenvalue weighted by Gasteiger charge is -2.12. The molecule has 1 aromatic rings. The first-order valence-electron chi connectivity index (χ1n) is 5.85. The highest BCUT2D eigenvalue weighted by molar-refractivity contribution is 5.99. The largest absolute Gasteiger partial charge is 0.348 e. The molecule has 0 bridgehead atoms. The Balaban J connectivity index is 2.25. The van der Waals surface area contributed by atoms with Crippen LogP contribution in [-0.4, -0.2) is 30.0 Å². The molecule has 1 saturated heterocycles. The van der Waals surface area contributed by atoms with Crippen molar-refractivity contribution in [3.8, 4) is 0 Å². The number of carbonyl (C=O) groups is 1. The maximum absolute atomic E-state index is 12.1. The Bertz CT molecular complexity index is 481. The van der Waals surface area contributed by atoms with Crippen LogP contribution < -0.4 is 10.6 Å². The van der Waals surface area contributed by atoms with Crippen LogP contribution in [0.4, 0.5) is 5.69 Å². The number of nitrogens with one attached hydrogen (secondary N) is 2. The van der Waals surface area contributed by atoms with Crippen LogP contribution in [0.15, 0.2) is 18.2 Å². The fourth-order valence-corrected chi connectivity index (χ4v) is 2.14. The number of rotatable bonds is 3. The molecule has 1 unspecified atom stereocenters. The zero-order valence-corrected chi connectivity index (χ0v) is 10.1. The Hall–Kier alpha value is -1.95. The second-order valence-electron chi connectivity index (χ2n) is 4.39. The normalized spacial score (nSPS) is 18.6. The van der Waals surface area contributed by atoms with Gasteiger partial charge in [0.25, 0.3) is 11.6 Å². The minimum absolute atomic E-state index is 0.0525. The van der Waals surface area contributed by atoms with Crippen molar-refractivity contribution in [1.29, 1.82) is 0 Å². The van der Waals surface area contributed by atoms with Gasteiger partial charge in [-0.3, -0.25) is 14.9 Å². The number of nitro benzene ring substituents is 1. The summed E-state index contributed by atoms with van der Waals surface area (Å²) in [6, 6.07) is 4.70. The van der Waals surface area contributed by atoms with Crippen LogP contribution in [0.3, 0.4) is 0 Å². The van der Waals surface area contributed by atoms with Gasteiger partial charge in [-0.1, -0.05) is 12.1 Å². The zero-order valence-electron chi connectivity index (χ0n) is 10.1. The van der Waals surface area contributed by atoms with E-state index in [0.717, 1.165) is 13.0 Å². The molecular formula is C12H15N3O3. The average molecular weight is 249 g/mol. The first-order chi connectivity index (χ1) is 8.59. The molecule has 18 heavy (non-hydrogen) atoms. The average Bonchev–Trinajstić information content (AvgIpc) is 2.81. The Kier molecular flexibility index (Phi) is 3.57. The van der Waals surface area contributed by atoms with E-state index in [0.29, 0.717) is 12.1 Å². The van der Waals surface area contributed by atoms with Crippen molar-refractivity contribution in [2.45, 2.75) is 19.4 Å². The van der Waals surface area contributed by atoms with Crippen molar-refractivity contribution < 1.29 is 9.72 Å². The van der Waals surface area contributed by atoms with E-state index in [4.69, 9.17) is 0 Å². The smallest absolute Gasteiger partial charge is 0.282 e. The minimum atomic E-state index is -0.519. The molecule has 2 rings (SSSR count). The van der Waals surface area contributed by atoms with Crippen LogP contribution in [0.25, 0.3) is 0 Å². The van der Waals surface area contributed by atoms with E-state index < -0.39 is 4.92 Å². The number of amides is 1. The monoisotopic (exact) mass is 249 g/mol. The Morgan fingerprint density at radius 2 is 2.33 bits per heavy atom. The quantitative estimate of drug-likeness (QED) is 0.618. The van der Waals surface area contributed by atoms with Crippen molar-refractivity contribution in [1.82, 2.24) is 10.6 Å². The maximum Gasteiger partial charge on any atom is 0.282 e. The summed E-state index contributed by atoms with van der Waals surface area (Å²) < 4.78 is 0. The number of hydrogen-bond acceptors (Lipinski definition) is 4. The molecule has 0 radical (unpaired) electrons. The summed E-state index contributed by atoms with van der Waals surface area (Å²) in [5, 5.41) is 16.9. The lowest BCUT2D eigenvalue weighted by Crippen LogP contribution is -2.36. The molecule has 1 atom stereocenters. The van der Waals surface area contributed by atoms with Gasteiger partial charge in [0, 0.05) is 18.7 Å². The Morgan fingerprint density at radius 1 is 1.56 bits per heavy atom. The van der Waals surface area contributed by atoms with Crippen LogP contribution in [0.1, 0.15) is 22.3 Å². The van der Waals surface area contributed by atoms with Crippen molar-refractivity contribution in [2.75, 3.05) is 13.1 Å². The Morgan fingerprint density at radius 3 is 2.94 bits per heavy atom. The first kappa shape index (κ1) is 12.5. The van der Waals surface area contributed by atoms with E-state index in [1.807, 2.05) is 0 Å². The third-order valence-electron chi connectivity index (χ3n) is 3.07. The number of nitro groups is 1. The predicted molar refractivity (Wildman–Crippen MR) is 66.6 cm³/mol. The molecule has 6 nitrogen and oxygen atoms in total. The van der Waals surface area contributed by atoms with Gasteiger partial charge in [-0.15, -0.1) is 0 Å². The van der Waals surface area contributed by atoms with Gasteiger partial charge in [0.1, 0.15) is 5.56 Å². The Labute approximate surface area is 105 Å². The molecule has 1 aliphatic heterocycles. The van der Waals surface area contributed by atoms with Gasteiger partial charge in [0.2, 0.25) is 0 Å². The van der Waals surface area contributed by atoms with Gasteiger partial charge in [0.05, 0.1) is 4.92 Å². The third-order valence-corrected chi connectivity index (χ3v) is 3.07. The summed E-state index contributed by atoms with van der Waals surface area (Å²) in [5.74, 6) is -0.367. The van der Waals surface area contributed by atoms with Gasteiger partial charge in [-0.05, 0) is 25.5 Å². The molecular weight excluding hydrogens is 234 g/mol. The molecule has 96 valence electrons. The van der Waals surface area contributed by atoms with Gasteiger partial charge in [-0.2, -0.15) is 0 Å². The SMILES string of the molecule is Cc1cccc([N+](=O)[O-])c1C(=O)NC1CCNC1. The second-order valence-corrected chi connectivity index (χ2v) is 4.39. The number of benzene rings is 1. The van der Waals surface area contributed by atoms with Crippen molar-refractivity contribution >= 4 is 11.6 Å². The summed E-state index contributed by atoms with van der Waals surface area (Å²) in [4.78, 5) is 22.5. The summed E-state index contributed by atoms with van der Waals surface area (Å²) in [6.45, 7) is 3.28. The fraction of sp³-hybridized carbons (Fsp3) is 0.417. The fourth-order valence-electron chi connectivity index (χ4n) is 2.14. The van der Waals surface area contributed by atoms with E-state index >= 15 is 0 Å². The van der Waals surface area contributed by atoms with Crippen LogP contribution in [0.2, 0.25) is 0 Å². The number of hydrogen-bond donors (Lipinski definition) is 2. The second kappa shape index (κ2) is 5.14. The molecule has 0 aromatic heterocycles. The topological polar surface area (TPSA) is 84.3 Å².